The summed E-state index contributed by atoms with van der Waals surface area (Å²) < 4.78 is 2.30. The molecule has 0 spiro atoms. The molecule has 1 aromatic heterocycles. The van der Waals surface area contributed by atoms with Crippen LogP contribution < -0.4 is 0 Å². The average molecular weight is 210 g/mol. The van der Waals surface area contributed by atoms with Crippen molar-refractivity contribution in [3.63, 3.8) is 0 Å². The van der Waals surface area contributed by atoms with E-state index in [9.17, 15) is 0 Å². The third-order valence-corrected chi connectivity index (χ3v) is 3.58. The SMILES string of the molecule is Cc1ccc2c(C#N)cn(C3CCC3)c2c1. The molecule has 2 nitrogen and oxygen atoms in total. The van der Waals surface area contributed by atoms with Crippen LogP contribution in [0.3, 0.4) is 0 Å². The second kappa shape index (κ2) is 3.38. The first-order chi connectivity index (χ1) is 7.79. The predicted molar refractivity (Wildman–Crippen MR) is 64.3 cm³/mol. The molecule has 1 fully saturated rings. The first kappa shape index (κ1) is 9.47. The molecule has 1 aliphatic carbocycles. The van der Waals surface area contributed by atoms with E-state index >= 15 is 0 Å². The van der Waals surface area contributed by atoms with Crippen LogP contribution in [0.15, 0.2) is 24.4 Å². The highest BCUT2D eigenvalue weighted by molar-refractivity contribution is 5.87. The molecule has 0 radical (unpaired) electrons. The molecule has 16 heavy (non-hydrogen) atoms. The maximum atomic E-state index is 9.13. The average Bonchev–Trinajstić information content (AvgIpc) is 2.54. The van der Waals surface area contributed by atoms with Crippen molar-refractivity contribution in [2.24, 2.45) is 0 Å². The Morgan fingerprint density at radius 2 is 2.19 bits per heavy atom. The van der Waals surface area contributed by atoms with Gasteiger partial charge in [0.05, 0.1) is 5.56 Å². The molecule has 0 atom stereocenters. The van der Waals surface area contributed by atoms with Crippen LogP contribution in [-0.4, -0.2) is 4.57 Å². The Balaban J connectivity index is 2.27. The standard InChI is InChI=1S/C14H14N2/c1-10-5-6-13-11(8-15)9-16(14(13)7-10)12-3-2-4-12/h5-7,9,12H,2-4H2,1H3. The van der Waals surface area contributed by atoms with Gasteiger partial charge < -0.3 is 4.57 Å². The van der Waals surface area contributed by atoms with E-state index in [1.165, 1.54) is 30.3 Å². The van der Waals surface area contributed by atoms with Crippen LogP contribution in [0.4, 0.5) is 0 Å². The van der Waals surface area contributed by atoms with Gasteiger partial charge >= 0.3 is 0 Å². The van der Waals surface area contributed by atoms with Crippen molar-refractivity contribution in [3.8, 4) is 6.07 Å². The molecule has 2 aromatic rings. The van der Waals surface area contributed by atoms with Gasteiger partial charge in [-0.15, -0.1) is 0 Å². The normalized spacial score (nSPS) is 16.0. The third-order valence-electron chi connectivity index (χ3n) is 3.58. The van der Waals surface area contributed by atoms with E-state index in [1.54, 1.807) is 0 Å². The molecule has 2 heteroatoms. The van der Waals surface area contributed by atoms with Gasteiger partial charge in [0.15, 0.2) is 0 Å². The number of rotatable bonds is 1. The van der Waals surface area contributed by atoms with Crippen molar-refractivity contribution in [1.82, 2.24) is 4.57 Å². The summed E-state index contributed by atoms with van der Waals surface area (Å²) in [5.74, 6) is 0. The zero-order chi connectivity index (χ0) is 11.1. The Kier molecular flexibility index (Phi) is 2.00. The van der Waals surface area contributed by atoms with Gasteiger partial charge in [0.1, 0.15) is 6.07 Å². The van der Waals surface area contributed by atoms with Gasteiger partial charge in [-0.05, 0) is 37.8 Å². The summed E-state index contributed by atoms with van der Waals surface area (Å²) in [7, 11) is 0. The Labute approximate surface area is 95.1 Å². The lowest BCUT2D eigenvalue weighted by atomic mass is 9.93. The van der Waals surface area contributed by atoms with Gasteiger partial charge in [0.25, 0.3) is 0 Å². The molecule has 80 valence electrons. The van der Waals surface area contributed by atoms with Crippen molar-refractivity contribution in [3.05, 3.63) is 35.5 Å². The lowest BCUT2D eigenvalue weighted by Crippen LogP contribution is -2.15. The first-order valence-corrected chi connectivity index (χ1v) is 5.81. The number of hydrogen-bond donors (Lipinski definition) is 0. The van der Waals surface area contributed by atoms with Gasteiger partial charge in [0, 0.05) is 23.1 Å². The van der Waals surface area contributed by atoms with Crippen LogP contribution in [-0.2, 0) is 0 Å². The number of nitriles is 1. The third kappa shape index (κ3) is 1.25. The molecule has 1 heterocycles. The molecule has 1 saturated carbocycles. The molecule has 1 aliphatic rings. The monoisotopic (exact) mass is 210 g/mol. The van der Waals surface area contributed by atoms with E-state index in [2.05, 4.69) is 35.8 Å². The van der Waals surface area contributed by atoms with E-state index < -0.39 is 0 Å². The van der Waals surface area contributed by atoms with Crippen LogP contribution in [0.1, 0.15) is 36.4 Å². The van der Waals surface area contributed by atoms with Crippen molar-refractivity contribution in [2.75, 3.05) is 0 Å². The molecular formula is C14H14N2. The summed E-state index contributed by atoms with van der Waals surface area (Å²) in [5.41, 5.74) is 3.29. The molecular weight excluding hydrogens is 196 g/mol. The molecule has 0 aliphatic heterocycles. The predicted octanol–water partition coefficient (Wildman–Crippen LogP) is 3.55. The first-order valence-electron chi connectivity index (χ1n) is 5.81. The van der Waals surface area contributed by atoms with E-state index in [0.29, 0.717) is 6.04 Å². The minimum atomic E-state index is 0.617. The number of fused-ring (bicyclic) bond motifs is 1. The van der Waals surface area contributed by atoms with E-state index in [-0.39, 0.29) is 0 Å². The smallest absolute Gasteiger partial charge is 0.101 e. The molecule has 0 N–H and O–H groups in total. The largest absolute Gasteiger partial charge is 0.343 e. The van der Waals surface area contributed by atoms with E-state index in [1.807, 2.05) is 6.20 Å². The summed E-state index contributed by atoms with van der Waals surface area (Å²) in [4.78, 5) is 0. The Morgan fingerprint density at radius 1 is 1.38 bits per heavy atom. The molecule has 0 saturated heterocycles. The fourth-order valence-electron chi connectivity index (χ4n) is 2.42. The Bertz CT molecular complexity index is 583. The highest BCUT2D eigenvalue weighted by Gasteiger charge is 2.21. The van der Waals surface area contributed by atoms with Gasteiger partial charge in [-0.1, -0.05) is 12.1 Å². The highest BCUT2D eigenvalue weighted by Crippen LogP contribution is 2.36. The van der Waals surface area contributed by atoms with Gasteiger partial charge in [-0.3, -0.25) is 0 Å². The van der Waals surface area contributed by atoms with Crippen molar-refractivity contribution < 1.29 is 0 Å². The maximum absolute atomic E-state index is 9.13. The topological polar surface area (TPSA) is 28.7 Å². The summed E-state index contributed by atoms with van der Waals surface area (Å²) in [6, 6.07) is 9.24. The summed E-state index contributed by atoms with van der Waals surface area (Å²) in [5, 5.41) is 10.2. The lowest BCUT2D eigenvalue weighted by molar-refractivity contribution is 0.321. The number of aryl methyl sites for hydroxylation is 1. The zero-order valence-electron chi connectivity index (χ0n) is 9.40. The van der Waals surface area contributed by atoms with Crippen molar-refractivity contribution in [2.45, 2.75) is 32.2 Å². The van der Waals surface area contributed by atoms with Crippen LogP contribution >= 0.6 is 0 Å². The van der Waals surface area contributed by atoms with Gasteiger partial charge in [-0.2, -0.15) is 5.26 Å². The van der Waals surface area contributed by atoms with E-state index in [0.717, 1.165) is 10.9 Å². The Morgan fingerprint density at radius 3 is 2.81 bits per heavy atom. The van der Waals surface area contributed by atoms with Crippen LogP contribution in [0.5, 0.6) is 0 Å². The second-order valence-corrected chi connectivity index (χ2v) is 4.67. The molecule has 3 rings (SSSR count). The van der Waals surface area contributed by atoms with Gasteiger partial charge in [0.2, 0.25) is 0 Å². The quantitative estimate of drug-likeness (QED) is 0.707. The number of nitrogens with zero attached hydrogens (tertiary/aromatic N) is 2. The zero-order valence-corrected chi connectivity index (χ0v) is 9.40. The number of aromatic nitrogens is 1. The molecule has 0 bridgehead atoms. The molecule has 0 amide bonds. The summed E-state index contributed by atoms with van der Waals surface area (Å²) in [6.07, 6.45) is 5.84. The van der Waals surface area contributed by atoms with Crippen LogP contribution in [0, 0.1) is 18.3 Å². The van der Waals surface area contributed by atoms with E-state index in [4.69, 9.17) is 5.26 Å². The highest BCUT2D eigenvalue weighted by atomic mass is 15.0. The minimum Gasteiger partial charge on any atom is -0.343 e. The summed E-state index contributed by atoms with van der Waals surface area (Å²) >= 11 is 0. The van der Waals surface area contributed by atoms with Crippen LogP contribution in [0.25, 0.3) is 10.9 Å². The minimum absolute atomic E-state index is 0.617. The maximum Gasteiger partial charge on any atom is 0.101 e. The van der Waals surface area contributed by atoms with Gasteiger partial charge in [-0.25, -0.2) is 0 Å². The van der Waals surface area contributed by atoms with Crippen LogP contribution in [0.2, 0.25) is 0 Å². The number of hydrogen-bond acceptors (Lipinski definition) is 1. The molecule has 0 unspecified atom stereocenters. The summed E-state index contributed by atoms with van der Waals surface area (Å²) in [6.45, 7) is 2.10. The number of benzene rings is 1. The second-order valence-electron chi connectivity index (χ2n) is 4.67. The Hall–Kier alpha value is -1.75. The fraction of sp³-hybridized carbons (Fsp3) is 0.357. The molecule has 1 aromatic carbocycles. The fourth-order valence-corrected chi connectivity index (χ4v) is 2.42. The van der Waals surface area contributed by atoms with Crippen molar-refractivity contribution in [1.29, 1.82) is 5.26 Å². The lowest BCUT2D eigenvalue weighted by Gasteiger charge is -2.28. The van der Waals surface area contributed by atoms with Crippen molar-refractivity contribution >= 4 is 10.9 Å².